The fraction of sp³-hybridized carbons (Fsp3) is 0.333. The quantitative estimate of drug-likeness (QED) is 0.895. The zero-order valence-corrected chi connectivity index (χ0v) is 14.2. The summed E-state index contributed by atoms with van der Waals surface area (Å²) in [4.78, 5) is 25.2. The second-order valence-electron chi connectivity index (χ2n) is 6.19. The Kier molecular flexibility index (Phi) is 4.37. The third-order valence-electron chi connectivity index (χ3n) is 4.35. The van der Waals surface area contributed by atoms with Gasteiger partial charge in [0, 0.05) is 18.0 Å². The summed E-state index contributed by atoms with van der Waals surface area (Å²) in [5.41, 5.74) is 1.21. The topological polar surface area (TPSA) is 70.8 Å². The van der Waals surface area contributed by atoms with Gasteiger partial charge in [0.1, 0.15) is 17.1 Å². The van der Waals surface area contributed by atoms with E-state index in [1.54, 1.807) is 18.9 Å². The van der Waals surface area contributed by atoms with Crippen molar-refractivity contribution in [2.24, 2.45) is 5.92 Å². The van der Waals surface area contributed by atoms with Crippen molar-refractivity contribution in [1.29, 1.82) is 0 Å². The van der Waals surface area contributed by atoms with E-state index in [1.165, 1.54) is 6.07 Å². The highest BCUT2D eigenvalue weighted by Gasteiger charge is 2.45. The molecule has 0 spiro atoms. The summed E-state index contributed by atoms with van der Waals surface area (Å²) in [7, 11) is 1.70. The highest BCUT2D eigenvalue weighted by atomic mass is 35.5. The Hall–Kier alpha value is -2.27. The molecule has 1 N–H and O–H groups in total. The Morgan fingerprint density at radius 3 is 2.75 bits per heavy atom. The lowest BCUT2D eigenvalue weighted by molar-refractivity contribution is -0.132. The van der Waals surface area contributed by atoms with Crippen molar-refractivity contribution in [2.45, 2.75) is 25.8 Å². The number of aromatic carboxylic acids is 1. The van der Waals surface area contributed by atoms with Crippen LogP contribution in [0, 0.1) is 12.8 Å². The molecule has 6 heteroatoms. The van der Waals surface area contributed by atoms with E-state index in [4.69, 9.17) is 21.1 Å². The molecule has 1 aromatic heterocycles. The average molecular weight is 348 g/mol. The molecule has 5 nitrogen and oxygen atoms in total. The molecular formula is C18H18ClNO4. The summed E-state index contributed by atoms with van der Waals surface area (Å²) >= 11 is 6.00. The Morgan fingerprint density at radius 1 is 1.38 bits per heavy atom. The van der Waals surface area contributed by atoms with E-state index < -0.39 is 5.97 Å². The molecule has 0 saturated heterocycles. The van der Waals surface area contributed by atoms with Crippen LogP contribution in [0.3, 0.4) is 0 Å². The Morgan fingerprint density at radius 2 is 2.12 bits per heavy atom. The van der Waals surface area contributed by atoms with Crippen LogP contribution >= 0.6 is 11.6 Å². The van der Waals surface area contributed by atoms with Crippen LogP contribution in [-0.4, -0.2) is 28.9 Å². The minimum atomic E-state index is -1.03. The lowest BCUT2D eigenvalue weighted by Crippen LogP contribution is -2.27. The summed E-state index contributed by atoms with van der Waals surface area (Å²) < 4.78 is 5.43. The van der Waals surface area contributed by atoms with Crippen molar-refractivity contribution in [1.82, 2.24) is 4.90 Å². The van der Waals surface area contributed by atoms with Gasteiger partial charge >= 0.3 is 5.97 Å². The number of nitrogens with zero attached hydrogens (tertiary/aromatic N) is 1. The number of amides is 1. The Bertz CT molecular complexity index is 798. The fourth-order valence-corrected chi connectivity index (χ4v) is 3.20. The Balaban J connectivity index is 1.64. The van der Waals surface area contributed by atoms with Gasteiger partial charge in [0.15, 0.2) is 0 Å². The minimum Gasteiger partial charge on any atom is -0.478 e. The van der Waals surface area contributed by atoms with E-state index in [1.807, 2.05) is 24.3 Å². The number of furan rings is 1. The lowest BCUT2D eigenvalue weighted by Gasteiger charge is -2.15. The number of carbonyl (C=O) groups excluding carboxylic acids is 1. The van der Waals surface area contributed by atoms with Gasteiger partial charge in [-0.3, -0.25) is 4.79 Å². The maximum Gasteiger partial charge on any atom is 0.339 e. The molecule has 0 unspecified atom stereocenters. The van der Waals surface area contributed by atoms with Crippen molar-refractivity contribution in [3.8, 4) is 0 Å². The van der Waals surface area contributed by atoms with Gasteiger partial charge in [-0.05, 0) is 43.0 Å². The van der Waals surface area contributed by atoms with Crippen LogP contribution < -0.4 is 0 Å². The van der Waals surface area contributed by atoms with Gasteiger partial charge in [0.05, 0.1) is 6.54 Å². The molecular weight excluding hydrogens is 330 g/mol. The number of carboxylic acids is 1. The molecule has 1 aromatic carbocycles. The summed E-state index contributed by atoms with van der Waals surface area (Å²) in [6, 6.07) is 9.06. The van der Waals surface area contributed by atoms with Gasteiger partial charge < -0.3 is 14.4 Å². The summed E-state index contributed by atoms with van der Waals surface area (Å²) in [5.74, 6) is -0.0251. The molecule has 2 aromatic rings. The third-order valence-corrected chi connectivity index (χ3v) is 4.59. The number of benzene rings is 1. The van der Waals surface area contributed by atoms with Gasteiger partial charge in [0.2, 0.25) is 5.91 Å². The fourth-order valence-electron chi connectivity index (χ4n) is 3.00. The second-order valence-corrected chi connectivity index (χ2v) is 6.62. The maximum atomic E-state index is 12.5. The van der Waals surface area contributed by atoms with Crippen LogP contribution in [-0.2, 0) is 11.3 Å². The lowest BCUT2D eigenvalue weighted by atomic mass is 10.1. The van der Waals surface area contributed by atoms with Gasteiger partial charge in [0.25, 0.3) is 0 Å². The minimum absolute atomic E-state index is 0.0332. The average Bonchev–Trinajstić information content (AvgIpc) is 3.23. The SMILES string of the molecule is Cc1oc(CN(C)C(=O)[C@H]2C[C@@H]2c2cccc(Cl)c2)cc1C(=O)O. The zero-order chi connectivity index (χ0) is 17.4. The molecule has 0 bridgehead atoms. The van der Waals surface area contributed by atoms with Crippen molar-refractivity contribution < 1.29 is 19.1 Å². The van der Waals surface area contributed by atoms with Gasteiger partial charge in [-0.2, -0.15) is 0 Å². The van der Waals surface area contributed by atoms with E-state index in [9.17, 15) is 9.59 Å². The number of hydrogen-bond acceptors (Lipinski definition) is 3. The van der Waals surface area contributed by atoms with E-state index in [0.29, 0.717) is 16.5 Å². The van der Waals surface area contributed by atoms with Gasteiger partial charge in [-0.1, -0.05) is 23.7 Å². The summed E-state index contributed by atoms with van der Waals surface area (Å²) in [6.45, 7) is 1.86. The van der Waals surface area contributed by atoms with Crippen LogP contribution in [0.2, 0.25) is 5.02 Å². The van der Waals surface area contributed by atoms with Crippen LogP contribution in [0.25, 0.3) is 0 Å². The van der Waals surface area contributed by atoms with E-state index in [0.717, 1.165) is 12.0 Å². The highest BCUT2D eigenvalue weighted by Crippen LogP contribution is 2.48. The monoisotopic (exact) mass is 347 g/mol. The number of carboxylic acid groups (broad SMARTS) is 1. The first-order valence-corrected chi connectivity index (χ1v) is 8.07. The standard InChI is InChI=1S/C18H18ClNO4/c1-10-14(18(22)23)7-13(24-10)9-20(2)17(21)16-8-15(16)11-4-3-5-12(19)6-11/h3-7,15-16H,8-9H2,1-2H3,(H,22,23)/t15-,16+/m1/s1. The second kappa shape index (κ2) is 6.32. The number of rotatable bonds is 5. The van der Waals surface area contributed by atoms with Crippen LogP contribution in [0.4, 0.5) is 0 Å². The van der Waals surface area contributed by atoms with E-state index >= 15 is 0 Å². The van der Waals surface area contributed by atoms with Crippen LogP contribution in [0.5, 0.6) is 0 Å². The smallest absolute Gasteiger partial charge is 0.339 e. The summed E-state index contributed by atoms with van der Waals surface area (Å²) in [6.07, 6.45) is 0.807. The molecule has 1 fully saturated rings. The number of carbonyl (C=O) groups is 2. The highest BCUT2D eigenvalue weighted by molar-refractivity contribution is 6.30. The molecule has 126 valence electrons. The Labute approximate surface area is 144 Å². The molecule has 2 atom stereocenters. The molecule has 24 heavy (non-hydrogen) atoms. The first-order valence-electron chi connectivity index (χ1n) is 7.70. The van der Waals surface area contributed by atoms with Crippen molar-refractivity contribution in [2.75, 3.05) is 7.05 Å². The van der Waals surface area contributed by atoms with Crippen LogP contribution in [0.1, 0.15) is 39.8 Å². The van der Waals surface area contributed by atoms with Crippen LogP contribution in [0.15, 0.2) is 34.7 Å². The largest absolute Gasteiger partial charge is 0.478 e. The molecule has 1 amide bonds. The van der Waals surface area contributed by atoms with E-state index in [2.05, 4.69) is 0 Å². The van der Waals surface area contributed by atoms with Gasteiger partial charge in [-0.15, -0.1) is 0 Å². The van der Waals surface area contributed by atoms with Gasteiger partial charge in [-0.25, -0.2) is 4.79 Å². The third kappa shape index (κ3) is 3.31. The molecule has 1 aliphatic carbocycles. The molecule has 1 aliphatic rings. The van der Waals surface area contributed by atoms with Crippen molar-refractivity contribution in [3.63, 3.8) is 0 Å². The zero-order valence-electron chi connectivity index (χ0n) is 13.5. The number of halogens is 1. The molecule has 1 saturated carbocycles. The predicted octanol–water partition coefficient (Wildman–Crippen LogP) is 3.70. The van der Waals surface area contributed by atoms with Crippen molar-refractivity contribution in [3.05, 3.63) is 58.0 Å². The summed E-state index contributed by atoms with van der Waals surface area (Å²) in [5, 5.41) is 9.72. The molecule has 1 heterocycles. The van der Waals surface area contributed by atoms with E-state index in [-0.39, 0.29) is 29.9 Å². The predicted molar refractivity (Wildman–Crippen MR) is 89.2 cm³/mol. The number of hydrogen-bond donors (Lipinski definition) is 1. The first-order chi connectivity index (χ1) is 11.4. The first kappa shape index (κ1) is 16.6. The molecule has 0 radical (unpaired) electrons. The number of aryl methyl sites for hydroxylation is 1. The maximum absolute atomic E-state index is 12.5. The molecule has 3 rings (SSSR count). The normalized spacial score (nSPS) is 19.1. The van der Waals surface area contributed by atoms with Crippen molar-refractivity contribution >= 4 is 23.5 Å². The molecule has 0 aliphatic heterocycles.